The topological polar surface area (TPSA) is 37.8 Å². The predicted octanol–water partition coefficient (Wildman–Crippen LogP) is 2.17. The van der Waals surface area contributed by atoms with Crippen molar-refractivity contribution in [2.45, 2.75) is 30.6 Å². The molecule has 1 aromatic rings. The van der Waals surface area contributed by atoms with E-state index < -0.39 is 0 Å². The minimum atomic E-state index is 0.583. The van der Waals surface area contributed by atoms with Crippen LogP contribution in [0.1, 0.15) is 19.3 Å². The second-order valence-electron chi connectivity index (χ2n) is 3.55. The molecule has 2 rings (SSSR count). The van der Waals surface area contributed by atoms with Crippen LogP contribution >= 0.6 is 11.8 Å². The molecule has 1 aromatic heterocycles. The van der Waals surface area contributed by atoms with E-state index >= 15 is 0 Å². The summed E-state index contributed by atoms with van der Waals surface area (Å²) in [6.07, 6.45) is 9.46. The van der Waals surface area contributed by atoms with Crippen molar-refractivity contribution in [1.82, 2.24) is 9.97 Å². The first-order valence-electron chi connectivity index (χ1n) is 4.95. The first-order chi connectivity index (χ1) is 6.90. The van der Waals surface area contributed by atoms with E-state index in [0.717, 1.165) is 11.1 Å². The highest BCUT2D eigenvalue weighted by Crippen LogP contribution is 2.30. The number of thioether (sulfide) groups is 1. The van der Waals surface area contributed by atoms with Gasteiger partial charge < -0.3 is 5.32 Å². The fraction of sp³-hybridized carbons (Fsp3) is 0.600. The molecule has 1 aliphatic rings. The Hall–Kier alpha value is -0.770. The molecule has 0 radical (unpaired) electrons. The molecule has 1 N–H and O–H groups in total. The molecule has 2 unspecified atom stereocenters. The molecule has 2 atom stereocenters. The minimum absolute atomic E-state index is 0.583. The van der Waals surface area contributed by atoms with Gasteiger partial charge in [0.25, 0.3) is 0 Å². The molecule has 0 amide bonds. The van der Waals surface area contributed by atoms with Crippen molar-refractivity contribution in [3.63, 3.8) is 0 Å². The van der Waals surface area contributed by atoms with E-state index in [2.05, 4.69) is 21.5 Å². The summed E-state index contributed by atoms with van der Waals surface area (Å²) in [5.74, 6) is 0.950. The Balaban J connectivity index is 1.97. The molecule has 14 heavy (non-hydrogen) atoms. The van der Waals surface area contributed by atoms with Crippen LogP contribution in [0.2, 0.25) is 0 Å². The lowest BCUT2D eigenvalue weighted by atomic mass is 10.2. The van der Waals surface area contributed by atoms with Gasteiger partial charge in [-0.3, -0.25) is 0 Å². The van der Waals surface area contributed by atoms with Crippen LogP contribution in [-0.4, -0.2) is 27.5 Å². The summed E-state index contributed by atoms with van der Waals surface area (Å²) < 4.78 is 0. The van der Waals surface area contributed by atoms with Crippen molar-refractivity contribution < 1.29 is 0 Å². The van der Waals surface area contributed by atoms with Crippen molar-refractivity contribution in [1.29, 1.82) is 0 Å². The monoisotopic (exact) mass is 209 g/mol. The van der Waals surface area contributed by atoms with Crippen molar-refractivity contribution >= 4 is 17.6 Å². The molecular weight excluding hydrogens is 194 g/mol. The summed E-state index contributed by atoms with van der Waals surface area (Å²) >= 11 is 1.95. The molecule has 76 valence electrons. The van der Waals surface area contributed by atoms with Gasteiger partial charge in [0, 0.05) is 17.5 Å². The molecule has 0 saturated heterocycles. The van der Waals surface area contributed by atoms with Crippen LogP contribution in [0.15, 0.2) is 18.6 Å². The lowest BCUT2D eigenvalue weighted by Crippen LogP contribution is -2.26. The number of nitrogens with one attached hydrogen (secondary N) is 1. The second-order valence-corrected chi connectivity index (χ2v) is 4.63. The lowest BCUT2D eigenvalue weighted by molar-refractivity contribution is 0.762. The average molecular weight is 209 g/mol. The van der Waals surface area contributed by atoms with Gasteiger partial charge in [0.1, 0.15) is 12.1 Å². The van der Waals surface area contributed by atoms with E-state index in [1.165, 1.54) is 19.3 Å². The summed E-state index contributed by atoms with van der Waals surface area (Å²) in [6.45, 7) is 0. The highest BCUT2D eigenvalue weighted by Gasteiger charge is 2.26. The number of aromatic nitrogens is 2. The molecule has 0 aliphatic heterocycles. The van der Waals surface area contributed by atoms with Crippen molar-refractivity contribution in [3.05, 3.63) is 18.6 Å². The molecule has 0 spiro atoms. The Bertz CT molecular complexity index is 278. The molecular formula is C10H15N3S. The molecule has 0 aromatic carbocycles. The highest BCUT2D eigenvalue weighted by atomic mass is 32.2. The van der Waals surface area contributed by atoms with Gasteiger partial charge in [0.2, 0.25) is 0 Å². The molecule has 3 nitrogen and oxygen atoms in total. The Kier molecular flexibility index (Phi) is 3.24. The molecule has 4 heteroatoms. The summed E-state index contributed by atoms with van der Waals surface area (Å²) in [6, 6.07) is 2.51. The van der Waals surface area contributed by atoms with Gasteiger partial charge in [0.15, 0.2) is 0 Å². The van der Waals surface area contributed by atoms with Gasteiger partial charge in [-0.2, -0.15) is 11.8 Å². The fourth-order valence-electron chi connectivity index (χ4n) is 1.94. The van der Waals surface area contributed by atoms with Gasteiger partial charge in [-0.25, -0.2) is 9.97 Å². The first kappa shape index (κ1) is 9.77. The maximum atomic E-state index is 4.18. The molecule has 1 aliphatic carbocycles. The normalized spacial score (nSPS) is 26.4. The summed E-state index contributed by atoms with van der Waals surface area (Å²) in [5, 5.41) is 4.21. The van der Waals surface area contributed by atoms with Gasteiger partial charge in [-0.15, -0.1) is 0 Å². The summed E-state index contributed by atoms with van der Waals surface area (Å²) in [4.78, 5) is 8.08. The fourth-order valence-corrected chi connectivity index (χ4v) is 2.87. The highest BCUT2D eigenvalue weighted by molar-refractivity contribution is 7.99. The lowest BCUT2D eigenvalue weighted by Gasteiger charge is -2.19. The van der Waals surface area contributed by atoms with Gasteiger partial charge in [0.05, 0.1) is 0 Å². The summed E-state index contributed by atoms with van der Waals surface area (Å²) in [7, 11) is 0. The van der Waals surface area contributed by atoms with Crippen LogP contribution in [0.25, 0.3) is 0 Å². The van der Waals surface area contributed by atoms with Crippen LogP contribution in [0.3, 0.4) is 0 Å². The first-order valence-corrected chi connectivity index (χ1v) is 6.24. The standard InChI is InChI=1S/C10H15N3S/c1-14-9-4-2-3-8(9)13-10-5-6-11-7-12-10/h5-9H,2-4H2,1H3,(H,11,12,13). The Morgan fingerprint density at radius 3 is 3.14 bits per heavy atom. The molecule has 1 fully saturated rings. The maximum Gasteiger partial charge on any atom is 0.129 e. The van der Waals surface area contributed by atoms with E-state index in [-0.39, 0.29) is 0 Å². The predicted molar refractivity (Wildman–Crippen MR) is 60.6 cm³/mol. The van der Waals surface area contributed by atoms with Crippen LogP contribution < -0.4 is 5.32 Å². The van der Waals surface area contributed by atoms with E-state index in [1.807, 2.05) is 17.8 Å². The van der Waals surface area contributed by atoms with Crippen molar-refractivity contribution in [2.24, 2.45) is 0 Å². The zero-order valence-corrected chi connectivity index (χ0v) is 9.13. The van der Waals surface area contributed by atoms with Gasteiger partial charge in [-0.05, 0) is 25.2 Å². The SMILES string of the molecule is CSC1CCCC1Nc1ccncn1. The minimum Gasteiger partial charge on any atom is -0.366 e. The summed E-state index contributed by atoms with van der Waals surface area (Å²) in [5.41, 5.74) is 0. The smallest absolute Gasteiger partial charge is 0.129 e. The molecule has 1 heterocycles. The number of hydrogen-bond donors (Lipinski definition) is 1. The van der Waals surface area contributed by atoms with E-state index in [4.69, 9.17) is 0 Å². The van der Waals surface area contributed by atoms with Crippen LogP contribution in [0.5, 0.6) is 0 Å². The van der Waals surface area contributed by atoms with E-state index in [1.54, 1.807) is 12.5 Å². The second kappa shape index (κ2) is 4.64. The third-order valence-corrected chi connectivity index (χ3v) is 3.84. The molecule has 1 saturated carbocycles. The number of anilines is 1. The van der Waals surface area contributed by atoms with E-state index in [0.29, 0.717) is 6.04 Å². The van der Waals surface area contributed by atoms with Gasteiger partial charge >= 0.3 is 0 Å². The van der Waals surface area contributed by atoms with Crippen LogP contribution in [0, 0.1) is 0 Å². The van der Waals surface area contributed by atoms with Crippen LogP contribution in [0.4, 0.5) is 5.82 Å². The zero-order valence-electron chi connectivity index (χ0n) is 8.31. The Labute approximate surface area is 88.7 Å². The van der Waals surface area contributed by atoms with E-state index in [9.17, 15) is 0 Å². The number of nitrogens with zero attached hydrogens (tertiary/aromatic N) is 2. The third-order valence-electron chi connectivity index (χ3n) is 2.67. The van der Waals surface area contributed by atoms with Crippen molar-refractivity contribution in [3.8, 4) is 0 Å². The maximum absolute atomic E-state index is 4.18. The number of rotatable bonds is 3. The Morgan fingerprint density at radius 2 is 2.43 bits per heavy atom. The van der Waals surface area contributed by atoms with Crippen LogP contribution in [-0.2, 0) is 0 Å². The zero-order chi connectivity index (χ0) is 9.80. The Morgan fingerprint density at radius 1 is 1.50 bits per heavy atom. The quantitative estimate of drug-likeness (QED) is 0.828. The number of hydrogen-bond acceptors (Lipinski definition) is 4. The average Bonchev–Trinajstić information content (AvgIpc) is 2.67. The largest absolute Gasteiger partial charge is 0.366 e. The third kappa shape index (κ3) is 2.18. The van der Waals surface area contributed by atoms with Gasteiger partial charge in [-0.1, -0.05) is 6.42 Å². The van der Waals surface area contributed by atoms with Crippen molar-refractivity contribution in [2.75, 3.05) is 11.6 Å². The molecule has 0 bridgehead atoms.